The molecule has 1 amide bonds. The smallest absolute Gasteiger partial charge is 0.252 e. The van der Waals surface area contributed by atoms with Crippen LogP contribution in [0.25, 0.3) is 0 Å². The third-order valence-electron chi connectivity index (χ3n) is 3.17. The van der Waals surface area contributed by atoms with E-state index in [1.54, 1.807) is 6.07 Å². The highest BCUT2D eigenvalue weighted by Gasteiger charge is 2.15. The van der Waals surface area contributed by atoms with Crippen molar-refractivity contribution in [3.63, 3.8) is 0 Å². The van der Waals surface area contributed by atoms with Gasteiger partial charge in [-0.1, -0.05) is 32.1 Å². The molecule has 0 saturated heterocycles. The fourth-order valence-electron chi connectivity index (χ4n) is 1.51. The largest absolute Gasteiger partial charge is 0.395 e. The number of nitrogens with one attached hydrogen (secondary N) is 1. The van der Waals surface area contributed by atoms with Gasteiger partial charge < -0.3 is 10.4 Å². The summed E-state index contributed by atoms with van der Waals surface area (Å²) < 4.78 is 0. The van der Waals surface area contributed by atoms with E-state index in [1.807, 2.05) is 12.3 Å². The lowest BCUT2D eigenvalue weighted by molar-refractivity contribution is 0.0928. The van der Waals surface area contributed by atoms with Crippen molar-refractivity contribution in [1.82, 2.24) is 5.32 Å². The van der Waals surface area contributed by atoms with Gasteiger partial charge in [-0.15, -0.1) is 11.3 Å². The fraction of sp³-hybridized carbons (Fsp3) is 0.533. The first kappa shape index (κ1) is 15.7. The average molecular weight is 279 g/mol. The molecule has 0 aliphatic rings. The molecule has 104 valence electrons. The molecule has 2 unspecified atom stereocenters. The van der Waals surface area contributed by atoms with Crippen LogP contribution < -0.4 is 5.32 Å². The van der Waals surface area contributed by atoms with Gasteiger partial charge in [0.2, 0.25) is 0 Å². The van der Waals surface area contributed by atoms with Crippen molar-refractivity contribution in [3.8, 4) is 11.8 Å². The molecular weight excluding hydrogens is 258 g/mol. The predicted molar refractivity (Wildman–Crippen MR) is 79.3 cm³/mol. The zero-order chi connectivity index (χ0) is 14.3. The van der Waals surface area contributed by atoms with E-state index in [-0.39, 0.29) is 18.6 Å². The Hall–Kier alpha value is -1.31. The van der Waals surface area contributed by atoms with Crippen molar-refractivity contribution in [2.24, 2.45) is 5.92 Å². The summed E-state index contributed by atoms with van der Waals surface area (Å²) in [6, 6.07) is 1.97. The number of carbonyl (C=O) groups excluding carboxylic acids is 1. The molecule has 1 rings (SSSR count). The molecule has 0 radical (unpaired) electrons. The zero-order valence-electron chi connectivity index (χ0n) is 11.7. The van der Waals surface area contributed by atoms with Gasteiger partial charge in [0.25, 0.3) is 5.91 Å². The van der Waals surface area contributed by atoms with E-state index in [0.717, 1.165) is 11.3 Å². The van der Waals surface area contributed by atoms with E-state index in [2.05, 4.69) is 31.0 Å². The van der Waals surface area contributed by atoms with Crippen LogP contribution in [0.1, 0.15) is 48.8 Å². The first-order valence-electron chi connectivity index (χ1n) is 6.57. The number of hydrogen-bond donors (Lipinski definition) is 2. The molecule has 0 bridgehead atoms. The van der Waals surface area contributed by atoms with Crippen LogP contribution >= 0.6 is 11.3 Å². The molecule has 3 nitrogen and oxygen atoms in total. The van der Waals surface area contributed by atoms with E-state index in [0.29, 0.717) is 17.9 Å². The van der Waals surface area contributed by atoms with Gasteiger partial charge in [0.05, 0.1) is 17.0 Å². The third kappa shape index (κ3) is 5.06. The molecule has 0 aliphatic heterocycles. The van der Waals surface area contributed by atoms with Crippen LogP contribution in [0.2, 0.25) is 0 Å². The average Bonchev–Trinajstić information content (AvgIpc) is 2.87. The molecule has 19 heavy (non-hydrogen) atoms. The number of aliphatic hydroxyl groups is 1. The van der Waals surface area contributed by atoms with Gasteiger partial charge in [0.1, 0.15) is 0 Å². The molecule has 4 heteroatoms. The second-order valence-corrected chi connectivity index (χ2v) is 5.53. The summed E-state index contributed by atoms with van der Waals surface area (Å²) in [7, 11) is 0. The van der Waals surface area contributed by atoms with Crippen molar-refractivity contribution in [2.45, 2.75) is 39.7 Å². The molecule has 0 aliphatic carbocycles. The molecule has 0 fully saturated rings. The third-order valence-corrected chi connectivity index (χ3v) is 4.01. The van der Waals surface area contributed by atoms with Gasteiger partial charge in [0.15, 0.2) is 0 Å². The monoisotopic (exact) mass is 279 g/mol. The molecular formula is C15H21NO2S. The quantitative estimate of drug-likeness (QED) is 0.814. The Balaban J connectivity index is 2.61. The van der Waals surface area contributed by atoms with Crippen LogP contribution in [0.3, 0.4) is 0 Å². The molecule has 0 spiro atoms. The number of aliphatic hydroxyl groups excluding tert-OH is 1. The van der Waals surface area contributed by atoms with Crippen LogP contribution in [0.5, 0.6) is 0 Å². The molecule has 1 aromatic heterocycles. The highest BCUT2D eigenvalue weighted by atomic mass is 32.1. The molecule has 1 heterocycles. The summed E-state index contributed by atoms with van der Waals surface area (Å²) in [6.45, 7) is 6.34. The second-order valence-electron chi connectivity index (χ2n) is 4.62. The summed E-state index contributed by atoms with van der Waals surface area (Å²) in [5.74, 6) is 6.21. The molecule has 1 aromatic rings. The minimum atomic E-state index is -0.0424. The molecule has 0 aromatic carbocycles. The van der Waals surface area contributed by atoms with Gasteiger partial charge in [-0.05, 0) is 18.9 Å². The van der Waals surface area contributed by atoms with Gasteiger partial charge >= 0.3 is 0 Å². The Morgan fingerprint density at radius 1 is 1.53 bits per heavy atom. The first-order valence-corrected chi connectivity index (χ1v) is 7.45. The van der Waals surface area contributed by atoms with E-state index in [9.17, 15) is 4.79 Å². The lowest BCUT2D eigenvalue weighted by atomic mass is 10.0. The van der Waals surface area contributed by atoms with Gasteiger partial charge in [-0.2, -0.15) is 0 Å². The lowest BCUT2D eigenvalue weighted by Crippen LogP contribution is -2.36. The number of thiophene rings is 1. The Bertz CT molecular complexity index is 470. The highest BCUT2D eigenvalue weighted by Crippen LogP contribution is 2.14. The topological polar surface area (TPSA) is 49.3 Å². The van der Waals surface area contributed by atoms with E-state index in [1.165, 1.54) is 11.3 Å². The summed E-state index contributed by atoms with van der Waals surface area (Å²) in [5.41, 5.74) is 0.661. The number of carbonyl (C=O) groups is 1. The second kappa shape index (κ2) is 7.98. The van der Waals surface area contributed by atoms with Crippen molar-refractivity contribution < 1.29 is 9.90 Å². The summed E-state index contributed by atoms with van der Waals surface area (Å²) in [6.07, 6.45) is 1.51. The summed E-state index contributed by atoms with van der Waals surface area (Å²) >= 11 is 1.45. The maximum atomic E-state index is 12.0. The standard InChI is InChI=1S/C15H21NO2S/c1-4-11(2)12(3)16-15(18)13-9-14(19-10-13)7-5-6-8-17/h9-12,17H,4,6,8H2,1-3H3,(H,16,18). The number of amides is 1. The molecule has 2 N–H and O–H groups in total. The van der Waals surface area contributed by atoms with E-state index >= 15 is 0 Å². The number of hydrogen-bond acceptors (Lipinski definition) is 3. The van der Waals surface area contributed by atoms with Crippen LogP contribution in [-0.4, -0.2) is 23.7 Å². The fourth-order valence-corrected chi connectivity index (χ4v) is 2.27. The Morgan fingerprint density at radius 3 is 2.89 bits per heavy atom. The van der Waals surface area contributed by atoms with Gasteiger partial charge in [0, 0.05) is 17.8 Å². The summed E-state index contributed by atoms with van der Waals surface area (Å²) in [4.78, 5) is 12.9. The Labute approximate surface area is 119 Å². The van der Waals surface area contributed by atoms with Crippen LogP contribution in [-0.2, 0) is 0 Å². The Kier molecular flexibility index (Phi) is 6.61. The lowest BCUT2D eigenvalue weighted by Gasteiger charge is -2.19. The van der Waals surface area contributed by atoms with E-state index < -0.39 is 0 Å². The number of rotatable bonds is 5. The van der Waals surface area contributed by atoms with Gasteiger partial charge in [-0.25, -0.2) is 0 Å². The van der Waals surface area contributed by atoms with Crippen molar-refractivity contribution in [3.05, 3.63) is 21.9 Å². The minimum absolute atomic E-state index is 0.0424. The maximum Gasteiger partial charge on any atom is 0.252 e. The summed E-state index contributed by atoms with van der Waals surface area (Å²) in [5, 5.41) is 13.5. The maximum absolute atomic E-state index is 12.0. The highest BCUT2D eigenvalue weighted by molar-refractivity contribution is 7.10. The van der Waals surface area contributed by atoms with Crippen LogP contribution in [0.15, 0.2) is 11.4 Å². The minimum Gasteiger partial charge on any atom is -0.395 e. The van der Waals surface area contributed by atoms with Crippen LogP contribution in [0.4, 0.5) is 0 Å². The Morgan fingerprint density at radius 2 is 2.26 bits per heavy atom. The molecule has 2 atom stereocenters. The van der Waals surface area contributed by atoms with Crippen molar-refractivity contribution in [2.75, 3.05) is 6.61 Å². The SMILES string of the molecule is CCC(C)C(C)NC(=O)c1csc(C#CCCO)c1. The van der Waals surface area contributed by atoms with Crippen molar-refractivity contribution in [1.29, 1.82) is 0 Å². The molecule has 0 saturated carbocycles. The first-order chi connectivity index (χ1) is 9.08. The van der Waals surface area contributed by atoms with Gasteiger partial charge in [-0.3, -0.25) is 4.79 Å². The zero-order valence-corrected chi connectivity index (χ0v) is 12.5. The predicted octanol–water partition coefficient (Wildman–Crippen LogP) is 2.65. The van der Waals surface area contributed by atoms with Crippen molar-refractivity contribution >= 4 is 17.2 Å². The van der Waals surface area contributed by atoms with Crippen LogP contribution in [0, 0.1) is 17.8 Å². The van der Waals surface area contributed by atoms with E-state index in [4.69, 9.17) is 5.11 Å². The normalized spacial score (nSPS) is 13.3.